The van der Waals surface area contributed by atoms with Crippen LogP contribution in [-0.2, 0) is 52.7 Å². The Hall–Kier alpha value is -13.1. The zero-order valence-electron chi connectivity index (χ0n) is 78.7. The molecule has 13 rings (SSSR count). The van der Waals surface area contributed by atoms with Crippen LogP contribution in [0.5, 0.6) is 5.75 Å². The number of esters is 4. The van der Waals surface area contributed by atoms with Crippen molar-refractivity contribution in [3.63, 3.8) is 0 Å². The molecule has 0 aliphatic rings. The molecule has 0 N–H and O–H groups in total. The smallest absolute Gasteiger partial charge is 0.314 e. The van der Waals surface area contributed by atoms with Crippen molar-refractivity contribution in [2.24, 2.45) is 23.7 Å². The highest BCUT2D eigenvalue weighted by atomic mass is 16.5. The van der Waals surface area contributed by atoms with E-state index in [9.17, 15) is 19.2 Å². The first-order valence-corrected chi connectivity index (χ1v) is 45.7. The van der Waals surface area contributed by atoms with Crippen molar-refractivity contribution >= 4 is 92.1 Å². The molecule has 0 saturated carbocycles. The highest BCUT2D eigenvalue weighted by molar-refractivity contribution is 5.89. The summed E-state index contributed by atoms with van der Waals surface area (Å²) in [6, 6.07) is 106. The Morgan fingerprint density at radius 2 is 0.516 bits per heavy atom. The summed E-state index contributed by atoms with van der Waals surface area (Å²) in [4.78, 5) is 57.4. The van der Waals surface area contributed by atoms with Gasteiger partial charge in [0.05, 0.1) is 49.2 Å². The molecular formula is C116H132N4O8. The Morgan fingerprint density at radius 3 is 0.828 bits per heavy atom. The molecule has 13 aromatic carbocycles. The molecule has 0 radical (unpaired) electrons. The van der Waals surface area contributed by atoms with E-state index in [4.69, 9.17) is 18.9 Å². The first-order valence-electron chi connectivity index (χ1n) is 45.7. The predicted molar refractivity (Wildman–Crippen MR) is 534 cm³/mol. The van der Waals surface area contributed by atoms with Crippen LogP contribution in [0.1, 0.15) is 166 Å². The molecular weight excluding hydrogens is 1580 g/mol. The molecule has 0 heterocycles. The number of nitrogens with zero attached hydrogens (tertiary/aromatic N) is 4. The molecule has 4 atom stereocenters. The SMILES string of the molecule is CCC(C)C(=O)OCCCc1ccccc1N(c1ccc(C)c(C)c1)c1ccc(C)c(C)c1.CCC(C)C(=O)OCCCc1ccccc1N(c1ccc(C)cc1)c1ccc(C)cc1.CCC(C)C(=O)OCCc1ccccc1N(c1ccc(C)cc1)c1ccc(C)cc1.CCC(C)C(=O)Oc1ccc(-c2ccccc2N(c2ccc(C)cc2)c2ccc(C)cc2)cc1. The molecule has 12 nitrogen and oxygen atoms in total. The van der Waals surface area contributed by atoms with Crippen molar-refractivity contribution in [2.45, 2.75) is 182 Å². The van der Waals surface area contributed by atoms with E-state index in [1.807, 2.05) is 85.7 Å². The standard InChI is InChI=1S/C31H31NO2.C30H37NO2.C28H33NO2.C27H31NO2/c1-5-24(4)31(33)34-28-20-14-25(15-21-28)29-8-6-7-9-30(29)32(26-16-10-22(2)11-17-26)27-18-12-23(3)13-19-27;1-7-21(2)30(32)33-18-10-12-26-11-8-9-13-29(26)31(27-16-14-22(3)24(5)19-27)28-17-15-23(4)25(6)20-28;1-5-23(4)28(30)31-20-8-10-24-9-6-7-11-27(24)29(25-16-12-21(2)13-17-25)26-18-14-22(3)15-19-26;1-5-22(4)27(29)30-19-18-23-8-6-7-9-26(23)28(24-14-10-20(2)11-15-24)25-16-12-21(3)13-17-25/h6-21,24H,5H2,1-4H3;8-9,11,13-17,19-21H,7,10,12,18H2,1-6H3;6-7,9,11-19,23H,5,8,10,20H2,1-4H3;6-17,22H,5,18-19H2,1-4H3. The van der Waals surface area contributed by atoms with Gasteiger partial charge in [0.25, 0.3) is 0 Å². The molecule has 0 bridgehead atoms. The van der Waals surface area contributed by atoms with Gasteiger partial charge in [-0.15, -0.1) is 0 Å². The van der Waals surface area contributed by atoms with Gasteiger partial charge in [-0.25, -0.2) is 0 Å². The van der Waals surface area contributed by atoms with Crippen LogP contribution in [0.4, 0.5) is 68.2 Å². The Labute approximate surface area is 763 Å². The highest BCUT2D eigenvalue weighted by Gasteiger charge is 2.24. The highest BCUT2D eigenvalue weighted by Crippen LogP contribution is 2.44. The summed E-state index contributed by atoms with van der Waals surface area (Å²) in [5.74, 6) is -0.192. The lowest BCUT2D eigenvalue weighted by Gasteiger charge is -2.29. The number of hydrogen-bond donors (Lipinski definition) is 0. The molecule has 0 spiro atoms. The second-order valence-electron chi connectivity index (χ2n) is 33.9. The average molecular weight is 1710 g/mol. The minimum Gasteiger partial charge on any atom is -0.465 e. The van der Waals surface area contributed by atoms with Crippen molar-refractivity contribution < 1.29 is 38.1 Å². The quantitative estimate of drug-likeness (QED) is 0.0169. The van der Waals surface area contributed by atoms with Crippen LogP contribution in [-0.4, -0.2) is 43.7 Å². The lowest BCUT2D eigenvalue weighted by atomic mass is 10.0. The summed E-state index contributed by atoms with van der Waals surface area (Å²) >= 11 is 0. The largest absolute Gasteiger partial charge is 0.465 e. The van der Waals surface area contributed by atoms with E-state index in [0.29, 0.717) is 32.0 Å². The monoisotopic (exact) mass is 1710 g/mol. The average Bonchev–Trinajstić information content (AvgIpc) is 0.792. The number of aryl methyl sites for hydroxylation is 12. The second-order valence-corrected chi connectivity index (χ2v) is 33.9. The van der Waals surface area contributed by atoms with E-state index in [2.05, 4.69) is 362 Å². The first-order chi connectivity index (χ1) is 61.7. The summed E-state index contributed by atoms with van der Waals surface area (Å²) < 4.78 is 22.0. The van der Waals surface area contributed by atoms with Crippen LogP contribution >= 0.6 is 0 Å². The summed E-state index contributed by atoms with van der Waals surface area (Å²) in [7, 11) is 0. The third-order valence-electron chi connectivity index (χ3n) is 23.8. The fourth-order valence-corrected chi connectivity index (χ4v) is 14.5. The van der Waals surface area contributed by atoms with Gasteiger partial charge in [-0.05, 0) is 299 Å². The molecule has 12 heteroatoms. The van der Waals surface area contributed by atoms with Crippen molar-refractivity contribution in [1.82, 2.24) is 0 Å². The summed E-state index contributed by atoms with van der Waals surface area (Å²) in [5, 5.41) is 0. The number of ether oxygens (including phenoxy) is 4. The molecule has 664 valence electrons. The van der Waals surface area contributed by atoms with Gasteiger partial charge in [-0.1, -0.05) is 259 Å². The van der Waals surface area contributed by atoms with Gasteiger partial charge < -0.3 is 38.5 Å². The van der Waals surface area contributed by atoms with Crippen molar-refractivity contribution in [3.8, 4) is 16.9 Å². The van der Waals surface area contributed by atoms with Gasteiger partial charge in [0.15, 0.2) is 0 Å². The molecule has 0 aliphatic heterocycles. The first kappa shape index (κ1) is 97.1. The number of anilines is 12. The molecule has 0 fully saturated rings. The number of carbonyl (C=O) groups is 4. The van der Waals surface area contributed by atoms with E-state index < -0.39 is 0 Å². The molecule has 128 heavy (non-hydrogen) atoms. The van der Waals surface area contributed by atoms with Gasteiger partial charge in [-0.3, -0.25) is 19.2 Å². The number of para-hydroxylation sites is 4. The molecule has 0 saturated heterocycles. The Balaban J connectivity index is 0.000000178. The van der Waals surface area contributed by atoms with Crippen molar-refractivity contribution in [2.75, 3.05) is 39.4 Å². The van der Waals surface area contributed by atoms with Crippen LogP contribution in [0.3, 0.4) is 0 Å². The summed E-state index contributed by atoms with van der Waals surface area (Å²) in [6.07, 6.45) is 7.14. The summed E-state index contributed by atoms with van der Waals surface area (Å²) in [5.41, 5.74) is 31.8. The van der Waals surface area contributed by atoms with Gasteiger partial charge in [0.1, 0.15) is 5.75 Å². The lowest BCUT2D eigenvalue weighted by Crippen LogP contribution is -2.17. The topological polar surface area (TPSA) is 118 Å². The molecule has 0 aliphatic carbocycles. The van der Waals surface area contributed by atoms with E-state index in [1.165, 1.54) is 66.8 Å². The number of carbonyl (C=O) groups excluding carboxylic acids is 4. The third kappa shape index (κ3) is 27.5. The fraction of sp³-hybridized carbons (Fsp3) is 0.293. The van der Waals surface area contributed by atoms with Gasteiger partial charge >= 0.3 is 23.9 Å². The maximum atomic E-state index is 12.2. The Kier molecular flexibility index (Phi) is 36.9. The maximum absolute atomic E-state index is 12.2. The minimum atomic E-state index is -0.194. The van der Waals surface area contributed by atoms with Crippen molar-refractivity contribution in [1.29, 1.82) is 0 Å². The van der Waals surface area contributed by atoms with E-state index in [0.717, 1.165) is 136 Å². The van der Waals surface area contributed by atoms with Crippen LogP contribution < -0.4 is 24.3 Å². The molecule has 0 amide bonds. The lowest BCUT2D eigenvalue weighted by molar-refractivity contribution is -0.149. The van der Waals surface area contributed by atoms with Crippen LogP contribution in [0.2, 0.25) is 0 Å². The van der Waals surface area contributed by atoms with Gasteiger partial charge in [0.2, 0.25) is 0 Å². The van der Waals surface area contributed by atoms with Crippen molar-refractivity contribution in [3.05, 3.63) is 376 Å². The number of hydrogen-bond acceptors (Lipinski definition) is 12. The normalized spacial score (nSPS) is 11.7. The molecule has 13 aromatic rings. The summed E-state index contributed by atoms with van der Waals surface area (Å²) in [6.45, 7) is 38.1. The van der Waals surface area contributed by atoms with Gasteiger partial charge in [0, 0.05) is 74.5 Å². The Bertz CT molecular complexity index is 5500. The van der Waals surface area contributed by atoms with Crippen LogP contribution in [0.15, 0.2) is 303 Å². The minimum absolute atomic E-state index is 0.0362. The van der Waals surface area contributed by atoms with Gasteiger partial charge in [-0.2, -0.15) is 0 Å². The predicted octanol–water partition coefficient (Wildman–Crippen LogP) is 30.5. The third-order valence-corrected chi connectivity index (χ3v) is 23.8. The maximum Gasteiger partial charge on any atom is 0.314 e. The Morgan fingerprint density at radius 1 is 0.258 bits per heavy atom. The second kappa shape index (κ2) is 48.6. The zero-order valence-corrected chi connectivity index (χ0v) is 78.7. The van der Waals surface area contributed by atoms with E-state index >= 15 is 0 Å². The van der Waals surface area contributed by atoms with E-state index in [1.54, 1.807) is 0 Å². The van der Waals surface area contributed by atoms with Crippen LogP contribution in [0.25, 0.3) is 11.1 Å². The van der Waals surface area contributed by atoms with E-state index in [-0.39, 0.29) is 47.5 Å². The number of benzene rings is 13. The van der Waals surface area contributed by atoms with Crippen LogP contribution in [0, 0.1) is 92.9 Å². The zero-order chi connectivity index (χ0) is 91.8. The molecule has 4 unspecified atom stereocenters. The number of rotatable bonds is 33. The molecule has 0 aromatic heterocycles. The fourth-order valence-electron chi connectivity index (χ4n) is 14.5.